The Morgan fingerprint density at radius 1 is 0.313 bits per heavy atom. The van der Waals surface area contributed by atoms with Crippen molar-refractivity contribution in [3.63, 3.8) is 0 Å². The van der Waals surface area contributed by atoms with Crippen molar-refractivity contribution in [2.45, 2.75) is 258 Å². The van der Waals surface area contributed by atoms with E-state index in [-0.39, 0.29) is 31.1 Å². The van der Waals surface area contributed by atoms with Crippen LogP contribution in [0.2, 0.25) is 0 Å². The van der Waals surface area contributed by atoms with E-state index < -0.39 is 6.10 Å². The number of carbonyl (C=O) groups is 3. The predicted octanol–water partition coefficient (Wildman–Crippen LogP) is 18.5. The molecule has 0 aromatic heterocycles. The average molecular weight is 931 g/mol. The summed E-state index contributed by atoms with van der Waals surface area (Å²) < 4.78 is 16.8. The van der Waals surface area contributed by atoms with Gasteiger partial charge in [0.2, 0.25) is 0 Å². The zero-order chi connectivity index (χ0) is 48.6. The Balaban J connectivity index is 4.42. The van der Waals surface area contributed by atoms with Gasteiger partial charge < -0.3 is 14.2 Å². The Labute approximate surface area is 413 Å². The minimum Gasteiger partial charge on any atom is -0.462 e. The maximum Gasteiger partial charge on any atom is 0.306 e. The first-order valence-corrected chi connectivity index (χ1v) is 27.7. The largest absolute Gasteiger partial charge is 0.462 e. The van der Waals surface area contributed by atoms with E-state index in [0.29, 0.717) is 19.3 Å². The van der Waals surface area contributed by atoms with E-state index in [0.717, 1.165) is 116 Å². The summed E-state index contributed by atoms with van der Waals surface area (Å²) in [4.78, 5) is 38.0. The maximum atomic E-state index is 12.8. The molecule has 6 nitrogen and oxygen atoms in total. The highest BCUT2D eigenvalue weighted by Crippen LogP contribution is 2.14. The minimum atomic E-state index is -0.801. The molecule has 67 heavy (non-hydrogen) atoms. The molecule has 0 spiro atoms. The quantitative estimate of drug-likeness (QED) is 0.0262. The summed E-state index contributed by atoms with van der Waals surface area (Å²) in [5.74, 6) is -0.958. The molecule has 0 bridgehead atoms. The molecule has 0 saturated heterocycles. The molecule has 0 fully saturated rings. The van der Waals surface area contributed by atoms with E-state index in [1.54, 1.807) is 0 Å². The van der Waals surface area contributed by atoms with Gasteiger partial charge in [0.15, 0.2) is 6.10 Å². The fraction of sp³-hybridized carbons (Fsp3) is 0.689. The lowest BCUT2D eigenvalue weighted by Crippen LogP contribution is -2.30. The van der Waals surface area contributed by atoms with E-state index in [1.807, 2.05) is 0 Å². The Kier molecular flexibility index (Phi) is 51.9. The third kappa shape index (κ3) is 53.2. The molecular weight excluding hydrogens is 829 g/mol. The first-order chi connectivity index (χ1) is 33.0. The van der Waals surface area contributed by atoms with Crippen LogP contribution in [0.5, 0.6) is 0 Å². The lowest BCUT2D eigenvalue weighted by atomic mass is 10.1. The number of unbranched alkanes of at least 4 members (excludes halogenated alkanes) is 22. The molecule has 6 heteroatoms. The van der Waals surface area contributed by atoms with E-state index in [2.05, 4.69) is 118 Å². The summed E-state index contributed by atoms with van der Waals surface area (Å²) >= 11 is 0. The Bertz CT molecular complexity index is 1350. The van der Waals surface area contributed by atoms with Crippen LogP contribution in [0.25, 0.3) is 0 Å². The second-order valence-corrected chi connectivity index (χ2v) is 18.1. The molecule has 0 aliphatic carbocycles. The second-order valence-electron chi connectivity index (χ2n) is 18.1. The number of carbonyl (C=O) groups excluding carboxylic acids is 3. The molecule has 0 saturated carbocycles. The van der Waals surface area contributed by atoms with Gasteiger partial charge in [-0.15, -0.1) is 0 Å². The fourth-order valence-electron chi connectivity index (χ4n) is 7.38. The van der Waals surface area contributed by atoms with Gasteiger partial charge in [-0.05, 0) is 116 Å². The Hall–Kier alpha value is -3.67. The summed E-state index contributed by atoms with van der Waals surface area (Å²) in [5.41, 5.74) is 0. The van der Waals surface area contributed by atoms with Gasteiger partial charge in [0, 0.05) is 19.3 Å². The number of allylic oxidation sites excluding steroid dienone is 16. The van der Waals surface area contributed by atoms with Crippen LogP contribution in [0.4, 0.5) is 0 Å². The van der Waals surface area contributed by atoms with Crippen molar-refractivity contribution >= 4 is 17.9 Å². The van der Waals surface area contributed by atoms with Crippen LogP contribution in [0.1, 0.15) is 252 Å². The molecule has 1 atom stereocenters. The molecule has 1 unspecified atom stereocenters. The van der Waals surface area contributed by atoms with Crippen molar-refractivity contribution in [2.75, 3.05) is 13.2 Å². The number of esters is 3. The summed E-state index contributed by atoms with van der Waals surface area (Å²) in [6.07, 6.45) is 72.6. The van der Waals surface area contributed by atoms with Gasteiger partial charge in [-0.1, -0.05) is 214 Å². The Morgan fingerprint density at radius 3 is 1.01 bits per heavy atom. The molecule has 0 aromatic rings. The van der Waals surface area contributed by atoms with Crippen LogP contribution in [-0.4, -0.2) is 37.2 Å². The van der Waals surface area contributed by atoms with Crippen LogP contribution in [-0.2, 0) is 28.6 Å². The van der Waals surface area contributed by atoms with Gasteiger partial charge in [0.25, 0.3) is 0 Å². The van der Waals surface area contributed by atoms with Gasteiger partial charge in [-0.2, -0.15) is 0 Å². The van der Waals surface area contributed by atoms with E-state index >= 15 is 0 Å². The van der Waals surface area contributed by atoms with Gasteiger partial charge in [-0.3, -0.25) is 14.4 Å². The maximum absolute atomic E-state index is 12.8. The van der Waals surface area contributed by atoms with Crippen LogP contribution >= 0.6 is 0 Å². The summed E-state index contributed by atoms with van der Waals surface area (Å²) in [7, 11) is 0. The van der Waals surface area contributed by atoms with Crippen molar-refractivity contribution in [1.82, 2.24) is 0 Å². The molecule has 0 N–H and O–H groups in total. The molecule has 0 aliphatic rings. The zero-order valence-electron chi connectivity index (χ0n) is 43.6. The SMILES string of the molecule is CC/C=C\C/C=C\C/C=C\C/C=C\C/C=C\C/C=C\CCCCC(=O)OCC(COC(=O)CCCCCCC/C=C\CCC)OC(=O)CCCCCCCCC/C=C\CCCCCCCCC. The van der Waals surface area contributed by atoms with E-state index in [1.165, 1.54) is 96.3 Å². The van der Waals surface area contributed by atoms with Gasteiger partial charge in [0.1, 0.15) is 13.2 Å². The highest BCUT2D eigenvalue weighted by atomic mass is 16.6. The van der Waals surface area contributed by atoms with Crippen molar-refractivity contribution in [3.05, 3.63) is 97.2 Å². The van der Waals surface area contributed by atoms with Crippen molar-refractivity contribution in [3.8, 4) is 0 Å². The van der Waals surface area contributed by atoms with Crippen LogP contribution in [0.15, 0.2) is 97.2 Å². The van der Waals surface area contributed by atoms with E-state index in [9.17, 15) is 14.4 Å². The molecule has 0 heterocycles. The van der Waals surface area contributed by atoms with Crippen LogP contribution in [0.3, 0.4) is 0 Å². The highest BCUT2D eigenvalue weighted by molar-refractivity contribution is 5.71. The molecular formula is C61H102O6. The number of ether oxygens (including phenoxy) is 3. The Morgan fingerprint density at radius 2 is 0.612 bits per heavy atom. The normalized spacial score (nSPS) is 12.8. The van der Waals surface area contributed by atoms with Crippen LogP contribution < -0.4 is 0 Å². The summed E-state index contributed by atoms with van der Waals surface area (Å²) in [6, 6.07) is 0. The second kappa shape index (κ2) is 54.9. The van der Waals surface area contributed by atoms with Crippen LogP contribution in [0, 0.1) is 0 Å². The number of hydrogen-bond acceptors (Lipinski definition) is 6. The minimum absolute atomic E-state index is 0.0983. The lowest BCUT2D eigenvalue weighted by Gasteiger charge is -2.18. The molecule has 382 valence electrons. The highest BCUT2D eigenvalue weighted by Gasteiger charge is 2.19. The van der Waals surface area contributed by atoms with Crippen molar-refractivity contribution in [1.29, 1.82) is 0 Å². The standard InChI is InChI=1S/C61H102O6/c1-4-7-10-13-16-19-22-24-26-28-30-31-32-34-35-37-39-42-45-48-51-54-60(63)66-57-58(56-65-59(62)53-50-47-44-41-21-18-15-12-9-6-3)67-61(64)55-52-49-46-43-40-38-36-33-29-27-25-23-20-17-14-11-8-5-2/h7,10,12,15-16,19,24,26-27,29-31,34-35,39,42,58H,4-6,8-9,11,13-14,17-18,20-23,25,28,32-33,36-38,40-41,43-57H2,1-3H3/b10-7-,15-12-,19-16-,26-24-,29-27-,31-30-,35-34-,42-39-. The zero-order valence-corrected chi connectivity index (χ0v) is 43.6. The third-order valence-electron chi connectivity index (χ3n) is 11.5. The van der Waals surface area contributed by atoms with Gasteiger partial charge >= 0.3 is 17.9 Å². The lowest BCUT2D eigenvalue weighted by molar-refractivity contribution is -0.167. The average Bonchev–Trinajstić information content (AvgIpc) is 3.33. The van der Waals surface area contributed by atoms with Gasteiger partial charge in [0.05, 0.1) is 0 Å². The molecule has 0 radical (unpaired) electrons. The van der Waals surface area contributed by atoms with Crippen molar-refractivity contribution < 1.29 is 28.6 Å². The topological polar surface area (TPSA) is 78.9 Å². The summed E-state index contributed by atoms with van der Waals surface area (Å²) in [6.45, 7) is 6.41. The molecule has 0 aromatic carbocycles. The third-order valence-corrected chi connectivity index (χ3v) is 11.5. The fourth-order valence-corrected chi connectivity index (χ4v) is 7.38. The monoisotopic (exact) mass is 931 g/mol. The smallest absolute Gasteiger partial charge is 0.306 e. The molecule has 0 amide bonds. The first-order valence-electron chi connectivity index (χ1n) is 27.7. The van der Waals surface area contributed by atoms with Gasteiger partial charge in [-0.25, -0.2) is 0 Å². The van der Waals surface area contributed by atoms with E-state index in [4.69, 9.17) is 14.2 Å². The molecule has 0 aliphatic heterocycles. The number of hydrogen-bond donors (Lipinski definition) is 0. The molecule has 0 rings (SSSR count). The number of rotatable bonds is 49. The predicted molar refractivity (Wildman–Crippen MR) is 288 cm³/mol. The van der Waals surface area contributed by atoms with Crippen molar-refractivity contribution in [2.24, 2.45) is 0 Å². The summed E-state index contributed by atoms with van der Waals surface area (Å²) in [5, 5.41) is 0. The first kappa shape index (κ1) is 63.3.